The molecule has 2 amide bonds. The Bertz CT molecular complexity index is 660. The number of sulfone groups is 1. The van der Waals surface area contributed by atoms with Crippen LogP contribution in [-0.2, 0) is 20.4 Å². The maximum Gasteiger partial charge on any atom is 0.251 e. The molecule has 8 heteroatoms. The number of hydrogen-bond donors (Lipinski definition) is 2. The second-order valence-electron chi connectivity index (χ2n) is 4.24. The Morgan fingerprint density at radius 2 is 1.86 bits per heavy atom. The second kappa shape index (κ2) is 7.40. The van der Waals surface area contributed by atoms with E-state index in [1.165, 1.54) is 31.3 Å². The second-order valence-corrected chi connectivity index (χ2v) is 6.31. The smallest absolute Gasteiger partial charge is 0.251 e. The molecule has 0 unspecified atom stereocenters. The Balaban J connectivity index is 2.68. The van der Waals surface area contributed by atoms with Gasteiger partial charge in [0.25, 0.3) is 5.91 Å². The van der Waals surface area contributed by atoms with Crippen molar-refractivity contribution in [1.29, 1.82) is 5.26 Å². The van der Waals surface area contributed by atoms with Crippen molar-refractivity contribution < 1.29 is 18.0 Å². The third-order valence-electron chi connectivity index (χ3n) is 2.58. The first-order valence-electron chi connectivity index (χ1n) is 6.03. The predicted molar refractivity (Wildman–Crippen MR) is 75.9 cm³/mol. The highest BCUT2D eigenvalue weighted by Crippen LogP contribution is 2.09. The van der Waals surface area contributed by atoms with Gasteiger partial charge in [0, 0.05) is 12.6 Å². The zero-order valence-electron chi connectivity index (χ0n) is 11.4. The van der Waals surface area contributed by atoms with Crippen molar-refractivity contribution in [1.82, 2.24) is 10.6 Å². The molecule has 1 aromatic rings. The normalized spacial score (nSPS) is 10.5. The van der Waals surface area contributed by atoms with Gasteiger partial charge in [-0.05, 0) is 17.7 Å². The summed E-state index contributed by atoms with van der Waals surface area (Å²) < 4.78 is 23.0. The molecule has 0 heterocycles. The van der Waals surface area contributed by atoms with E-state index >= 15 is 0 Å². The monoisotopic (exact) mass is 309 g/mol. The quantitative estimate of drug-likeness (QED) is 0.741. The molecule has 2 N–H and O–H groups in total. The fourth-order valence-electron chi connectivity index (χ4n) is 1.51. The third kappa shape index (κ3) is 5.62. The van der Waals surface area contributed by atoms with Gasteiger partial charge in [0.2, 0.25) is 5.91 Å². The van der Waals surface area contributed by atoms with Crippen LogP contribution in [0.5, 0.6) is 0 Å². The number of rotatable bonds is 6. The molecule has 0 radical (unpaired) electrons. The van der Waals surface area contributed by atoms with E-state index in [-0.39, 0.29) is 18.2 Å². The van der Waals surface area contributed by atoms with Crippen LogP contribution in [-0.4, -0.2) is 39.6 Å². The number of carbonyl (C=O) groups excluding carboxylic acids is 2. The number of benzene rings is 1. The summed E-state index contributed by atoms with van der Waals surface area (Å²) in [5.41, 5.74) is 0.813. The minimum absolute atomic E-state index is 0.131. The lowest BCUT2D eigenvalue weighted by Crippen LogP contribution is -2.35. The number of amides is 2. The molecule has 0 atom stereocenters. The minimum Gasteiger partial charge on any atom is -0.358 e. The fraction of sp³-hybridized carbons (Fsp3) is 0.308. The number of nitriles is 1. The Hall–Kier alpha value is -2.40. The summed E-state index contributed by atoms with van der Waals surface area (Å²) in [5.74, 6) is -1.53. The highest BCUT2D eigenvalue weighted by molar-refractivity contribution is 7.90. The molecular formula is C13H15N3O4S. The van der Waals surface area contributed by atoms with Gasteiger partial charge >= 0.3 is 0 Å². The molecule has 21 heavy (non-hydrogen) atoms. The summed E-state index contributed by atoms with van der Waals surface area (Å²) in [6, 6.07) is 7.55. The van der Waals surface area contributed by atoms with E-state index in [2.05, 4.69) is 10.6 Å². The Kier molecular flexibility index (Phi) is 5.87. The van der Waals surface area contributed by atoms with Crippen LogP contribution < -0.4 is 10.6 Å². The molecule has 7 nitrogen and oxygen atoms in total. The minimum atomic E-state index is -3.46. The van der Waals surface area contributed by atoms with Gasteiger partial charge in [0.1, 0.15) is 5.75 Å². The largest absolute Gasteiger partial charge is 0.358 e. The van der Waals surface area contributed by atoms with Crippen LogP contribution in [0.1, 0.15) is 15.9 Å². The SMILES string of the molecule is CNC(=O)CNC(=O)c1ccc(CS(=O)(=O)CC#N)cc1. The lowest BCUT2D eigenvalue weighted by molar-refractivity contribution is -0.119. The van der Waals surface area contributed by atoms with Crippen LogP contribution in [0.3, 0.4) is 0 Å². The van der Waals surface area contributed by atoms with Crippen LogP contribution in [0.25, 0.3) is 0 Å². The van der Waals surface area contributed by atoms with Crippen LogP contribution in [0.2, 0.25) is 0 Å². The molecule has 0 aliphatic rings. The van der Waals surface area contributed by atoms with Crippen molar-refractivity contribution in [2.75, 3.05) is 19.3 Å². The number of carbonyl (C=O) groups is 2. The molecular weight excluding hydrogens is 294 g/mol. The molecule has 0 aliphatic carbocycles. The van der Waals surface area contributed by atoms with E-state index < -0.39 is 21.5 Å². The molecule has 0 aliphatic heterocycles. The molecule has 0 aromatic heterocycles. The van der Waals surface area contributed by atoms with Gasteiger partial charge in [-0.25, -0.2) is 8.42 Å². The summed E-state index contributed by atoms with van der Waals surface area (Å²) in [6.07, 6.45) is 0. The molecule has 0 saturated carbocycles. The van der Waals surface area contributed by atoms with Crippen LogP contribution in [0.15, 0.2) is 24.3 Å². The summed E-state index contributed by atoms with van der Waals surface area (Å²) in [4.78, 5) is 22.7. The van der Waals surface area contributed by atoms with Crippen molar-refractivity contribution in [3.8, 4) is 6.07 Å². The van der Waals surface area contributed by atoms with Gasteiger partial charge in [0.15, 0.2) is 9.84 Å². The first kappa shape index (κ1) is 16.7. The van der Waals surface area contributed by atoms with Crippen molar-refractivity contribution in [3.63, 3.8) is 0 Å². The van der Waals surface area contributed by atoms with Crippen LogP contribution in [0.4, 0.5) is 0 Å². The van der Waals surface area contributed by atoms with Gasteiger partial charge in [-0.15, -0.1) is 0 Å². The molecule has 0 fully saturated rings. The maximum atomic E-state index is 11.7. The van der Waals surface area contributed by atoms with E-state index in [9.17, 15) is 18.0 Å². The molecule has 0 spiro atoms. The molecule has 0 saturated heterocycles. The fourth-order valence-corrected chi connectivity index (χ4v) is 2.51. The number of likely N-dealkylation sites (N-methyl/N-ethyl adjacent to an activating group) is 1. The van der Waals surface area contributed by atoms with Gasteiger partial charge in [0.05, 0.1) is 18.4 Å². The Morgan fingerprint density at radius 3 is 2.38 bits per heavy atom. The van der Waals surface area contributed by atoms with E-state index in [0.717, 1.165) is 0 Å². The molecule has 112 valence electrons. The number of nitrogens with zero attached hydrogens (tertiary/aromatic N) is 1. The first-order valence-corrected chi connectivity index (χ1v) is 7.85. The summed E-state index contributed by atoms with van der Waals surface area (Å²) >= 11 is 0. The lowest BCUT2D eigenvalue weighted by atomic mass is 10.1. The number of nitrogens with one attached hydrogen (secondary N) is 2. The maximum absolute atomic E-state index is 11.7. The van der Waals surface area contributed by atoms with Gasteiger partial charge in [-0.3, -0.25) is 9.59 Å². The average molecular weight is 309 g/mol. The first-order chi connectivity index (χ1) is 9.88. The van der Waals surface area contributed by atoms with E-state index in [0.29, 0.717) is 11.1 Å². The highest BCUT2D eigenvalue weighted by atomic mass is 32.2. The standard InChI is InChI=1S/C13H15N3O4S/c1-15-12(17)8-16-13(18)11-4-2-10(3-5-11)9-21(19,20)7-6-14/h2-5H,7-9H2,1H3,(H,15,17)(H,16,18). The molecule has 0 bridgehead atoms. The predicted octanol–water partition coefficient (Wildman–Crippen LogP) is -0.399. The topological polar surface area (TPSA) is 116 Å². The summed E-state index contributed by atoms with van der Waals surface area (Å²) in [7, 11) is -1.99. The van der Waals surface area contributed by atoms with Crippen molar-refractivity contribution in [3.05, 3.63) is 35.4 Å². The van der Waals surface area contributed by atoms with E-state index in [1.54, 1.807) is 6.07 Å². The zero-order valence-corrected chi connectivity index (χ0v) is 12.2. The zero-order chi connectivity index (χ0) is 15.9. The molecule has 1 aromatic carbocycles. The van der Waals surface area contributed by atoms with E-state index in [4.69, 9.17) is 5.26 Å². The number of hydrogen-bond acceptors (Lipinski definition) is 5. The lowest BCUT2D eigenvalue weighted by Gasteiger charge is -2.05. The Morgan fingerprint density at radius 1 is 1.24 bits per heavy atom. The third-order valence-corrected chi connectivity index (χ3v) is 3.92. The average Bonchev–Trinajstić information content (AvgIpc) is 2.44. The van der Waals surface area contributed by atoms with Crippen LogP contribution in [0, 0.1) is 11.3 Å². The highest BCUT2D eigenvalue weighted by Gasteiger charge is 2.12. The summed E-state index contributed by atoms with van der Waals surface area (Å²) in [5, 5.41) is 13.2. The van der Waals surface area contributed by atoms with Crippen molar-refractivity contribution in [2.24, 2.45) is 0 Å². The van der Waals surface area contributed by atoms with Crippen molar-refractivity contribution >= 4 is 21.7 Å². The van der Waals surface area contributed by atoms with Gasteiger partial charge in [-0.1, -0.05) is 12.1 Å². The van der Waals surface area contributed by atoms with Crippen molar-refractivity contribution in [2.45, 2.75) is 5.75 Å². The van der Waals surface area contributed by atoms with Gasteiger partial charge in [-0.2, -0.15) is 5.26 Å². The van der Waals surface area contributed by atoms with Gasteiger partial charge < -0.3 is 10.6 Å². The van der Waals surface area contributed by atoms with Crippen LogP contribution >= 0.6 is 0 Å². The summed E-state index contributed by atoms with van der Waals surface area (Å²) in [6.45, 7) is -0.131. The molecule has 1 rings (SSSR count). The van der Waals surface area contributed by atoms with E-state index in [1.807, 2.05) is 0 Å². The Labute approximate surface area is 122 Å².